The summed E-state index contributed by atoms with van der Waals surface area (Å²) in [7, 11) is -4.08. The van der Waals surface area contributed by atoms with E-state index in [0.29, 0.717) is 16.8 Å². The van der Waals surface area contributed by atoms with Crippen LogP contribution >= 0.6 is 0 Å². The highest BCUT2D eigenvalue weighted by Crippen LogP contribution is 2.22. The van der Waals surface area contributed by atoms with Crippen molar-refractivity contribution in [3.63, 3.8) is 0 Å². The van der Waals surface area contributed by atoms with E-state index >= 15 is 0 Å². The normalized spacial score (nSPS) is 12.0. The monoisotopic (exact) mass is 379 g/mol. The molecule has 0 fully saturated rings. The van der Waals surface area contributed by atoms with Crippen molar-refractivity contribution in [1.82, 2.24) is 4.72 Å². The molecule has 1 amide bonds. The number of carbonyl (C=O) groups is 1. The minimum atomic E-state index is -4.08. The maximum absolute atomic E-state index is 14.1. The SMILES string of the molecule is Cc1ccc(N)cc1C(=O)Nc1ccc(F)c(S(=O)(=O)NC(C)(C)C)c1. The second kappa shape index (κ2) is 7.05. The van der Waals surface area contributed by atoms with Crippen LogP contribution in [0.2, 0.25) is 0 Å². The topological polar surface area (TPSA) is 101 Å². The van der Waals surface area contributed by atoms with Crippen LogP contribution in [0.1, 0.15) is 36.7 Å². The zero-order valence-electron chi connectivity index (χ0n) is 15.1. The standard InChI is InChI=1S/C18H22FN3O3S/c1-11-5-6-12(20)9-14(11)17(23)21-13-7-8-15(19)16(10-13)26(24,25)22-18(2,3)4/h5-10,22H,20H2,1-4H3,(H,21,23). The quantitative estimate of drug-likeness (QED) is 0.711. The lowest BCUT2D eigenvalue weighted by Gasteiger charge is -2.21. The average Bonchev–Trinajstić information content (AvgIpc) is 2.49. The Hall–Kier alpha value is -2.45. The minimum Gasteiger partial charge on any atom is -0.399 e. The molecule has 0 saturated heterocycles. The van der Waals surface area contributed by atoms with Crippen molar-refractivity contribution < 1.29 is 17.6 Å². The van der Waals surface area contributed by atoms with Gasteiger partial charge in [-0.15, -0.1) is 0 Å². The first-order valence-electron chi connectivity index (χ1n) is 7.90. The van der Waals surface area contributed by atoms with Crippen LogP contribution in [0.3, 0.4) is 0 Å². The summed E-state index contributed by atoms with van der Waals surface area (Å²) in [6.07, 6.45) is 0. The smallest absolute Gasteiger partial charge is 0.256 e. The van der Waals surface area contributed by atoms with Crippen LogP contribution in [0.15, 0.2) is 41.3 Å². The Kier molecular flexibility index (Phi) is 5.39. The molecule has 26 heavy (non-hydrogen) atoms. The summed E-state index contributed by atoms with van der Waals surface area (Å²) >= 11 is 0. The van der Waals surface area contributed by atoms with Crippen molar-refractivity contribution in [2.24, 2.45) is 0 Å². The van der Waals surface area contributed by atoms with Crippen molar-refractivity contribution >= 4 is 27.3 Å². The third-order valence-electron chi connectivity index (χ3n) is 3.43. The molecule has 0 saturated carbocycles. The number of anilines is 2. The van der Waals surface area contributed by atoms with Crippen LogP contribution in [0.25, 0.3) is 0 Å². The van der Waals surface area contributed by atoms with E-state index in [9.17, 15) is 17.6 Å². The van der Waals surface area contributed by atoms with Gasteiger partial charge in [0.05, 0.1) is 0 Å². The second-order valence-electron chi connectivity index (χ2n) is 7.03. The molecule has 0 spiro atoms. The Labute approximate surface area is 152 Å². The Morgan fingerprint density at radius 3 is 2.38 bits per heavy atom. The Morgan fingerprint density at radius 2 is 1.77 bits per heavy atom. The largest absolute Gasteiger partial charge is 0.399 e. The lowest BCUT2D eigenvalue weighted by Crippen LogP contribution is -2.40. The van der Waals surface area contributed by atoms with E-state index in [1.54, 1.807) is 39.8 Å². The van der Waals surface area contributed by atoms with Gasteiger partial charge >= 0.3 is 0 Å². The zero-order chi connectivity index (χ0) is 19.7. The number of nitrogens with one attached hydrogen (secondary N) is 2. The first-order valence-corrected chi connectivity index (χ1v) is 9.38. The van der Waals surface area contributed by atoms with Gasteiger partial charge in [0.25, 0.3) is 5.91 Å². The van der Waals surface area contributed by atoms with Crippen LogP contribution < -0.4 is 15.8 Å². The van der Waals surface area contributed by atoms with Crippen molar-refractivity contribution in [2.45, 2.75) is 38.1 Å². The molecule has 0 aliphatic carbocycles. The van der Waals surface area contributed by atoms with Crippen LogP contribution in [-0.2, 0) is 10.0 Å². The molecule has 6 nitrogen and oxygen atoms in total. The molecule has 0 radical (unpaired) electrons. The molecule has 0 bridgehead atoms. The van der Waals surface area contributed by atoms with Gasteiger partial charge < -0.3 is 11.1 Å². The number of carbonyl (C=O) groups excluding carboxylic acids is 1. The summed E-state index contributed by atoms with van der Waals surface area (Å²) in [5, 5.41) is 2.58. The third kappa shape index (κ3) is 4.80. The molecule has 0 unspecified atom stereocenters. The molecule has 140 valence electrons. The molecule has 0 aliphatic heterocycles. The van der Waals surface area contributed by atoms with E-state index in [2.05, 4.69) is 10.0 Å². The second-order valence-corrected chi connectivity index (χ2v) is 8.68. The summed E-state index contributed by atoms with van der Waals surface area (Å²) in [5.74, 6) is -1.37. The fourth-order valence-electron chi connectivity index (χ4n) is 2.33. The number of hydrogen-bond acceptors (Lipinski definition) is 4. The lowest BCUT2D eigenvalue weighted by atomic mass is 10.1. The fraction of sp³-hybridized carbons (Fsp3) is 0.278. The molecule has 2 aromatic rings. The summed E-state index contributed by atoms with van der Waals surface area (Å²) in [4.78, 5) is 11.9. The summed E-state index contributed by atoms with van der Waals surface area (Å²) in [6.45, 7) is 6.70. The summed E-state index contributed by atoms with van der Waals surface area (Å²) in [5.41, 5.74) is 6.58. The number of nitrogens with two attached hydrogens (primary N) is 1. The van der Waals surface area contributed by atoms with Gasteiger partial charge in [-0.05, 0) is 63.6 Å². The predicted molar refractivity (Wildman–Crippen MR) is 100 cm³/mol. The number of benzene rings is 2. The van der Waals surface area contributed by atoms with Crippen molar-refractivity contribution in [2.75, 3.05) is 11.1 Å². The van der Waals surface area contributed by atoms with Gasteiger partial charge in [-0.3, -0.25) is 4.79 Å². The van der Waals surface area contributed by atoms with E-state index in [1.807, 2.05) is 0 Å². The molecule has 4 N–H and O–H groups in total. The Bertz CT molecular complexity index is 951. The predicted octanol–water partition coefficient (Wildman–Crippen LogP) is 3.05. The molecular formula is C18H22FN3O3S. The van der Waals surface area contributed by atoms with Gasteiger partial charge in [-0.1, -0.05) is 6.07 Å². The molecule has 0 heterocycles. The molecule has 0 atom stereocenters. The maximum Gasteiger partial charge on any atom is 0.256 e. The molecular weight excluding hydrogens is 357 g/mol. The molecule has 8 heteroatoms. The Morgan fingerprint density at radius 1 is 1.12 bits per heavy atom. The van der Waals surface area contributed by atoms with Gasteiger partial charge in [0.2, 0.25) is 10.0 Å². The molecule has 0 aromatic heterocycles. The van der Waals surface area contributed by atoms with E-state index in [1.165, 1.54) is 12.1 Å². The minimum absolute atomic E-state index is 0.160. The van der Waals surface area contributed by atoms with Gasteiger partial charge in [-0.2, -0.15) is 0 Å². The third-order valence-corrected chi connectivity index (χ3v) is 5.20. The van der Waals surface area contributed by atoms with Crippen LogP contribution in [0.4, 0.5) is 15.8 Å². The number of rotatable bonds is 4. The van der Waals surface area contributed by atoms with E-state index in [4.69, 9.17) is 5.73 Å². The molecule has 2 aromatic carbocycles. The van der Waals surface area contributed by atoms with Crippen LogP contribution in [-0.4, -0.2) is 19.9 Å². The number of amides is 1. The number of hydrogen-bond donors (Lipinski definition) is 3. The number of sulfonamides is 1. The number of halogens is 1. The van der Waals surface area contributed by atoms with Gasteiger partial charge in [0, 0.05) is 22.5 Å². The van der Waals surface area contributed by atoms with Crippen molar-refractivity contribution in [1.29, 1.82) is 0 Å². The van der Waals surface area contributed by atoms with Gasteiger partial charge in [0.1, 0.15) is 10.7 Å². The molecule has 0 aliphatic rings. The number of aryl methyl sites for hydroxylation is 1. The summed E-state index contributed by atoms with van der Waals surface area (Å²) < 4.78 is 41.2. The maximum atomic E-state index is 14.1. The average molecular weight is 379 g/mol. The van der Waals surface area contributed by atoms with Gasteiger partial charge in [-0.25, -0.2) is 17.5 Å². The van der Waals surface area contributed by atoms with Crippen molar-refractivity contribution in [3.8, 4) is 0 Å². The van der Waals surface area contributed by atoms with Crippen LogP contribution in [0, 0.1) is 12.7 Å². The number of nitrogen functional groups attached to an aromatic ring is 1. The Balaban J connectivity index is 2.35. The highest BCUT2D eigenvalue weighted by Gasteiger charge is 2.25. The van der Waals surface area contributed by atoms with E-state index < -0.39 is 32.2 Å². The zero-order valence-corrected chi connectivity index (χ0v) is 15.9. The summed E-state index contributed by atoms with van der Waals surface area (Å²) in [6, 6.07) is 8.28. The van der Waals surface area contributed by atoms with E-state index in [-0.39, 0.29) is 5.69 Å². The lowest BCUT2D eigenvalue weighted by molar-refractivity contribution is 0.102. The first kappa shape index (κ1) is 19.9. The van der Waals surface area contributed by atoms with Gasteiger partial charge in [0.15, 0.2) is 0 Å². The van der Waals surface area contributed by atoms with Crippen LogP contribution in [0.5, 0.6) is 0 Å². The van der Waals surface area contributed by atoms with E-state index in [0.717, 1.165) is 12.1 Å². The highest BCUT2D eigenvalue weighted by atomic mass is 32.2. The highest BCUT2D eigenvalue weighted by molar-refractivity contribution is 7.89. The fourth-order valence-corrected chi connectivity index (χ4v) is 3.85. The molecule has 2 rings (SSSR count). The first-order chi connectivity index (χ1) is 11.9. The van der Waals surface area contributed by atoms with Crippen molar-refractivity contribution in [3.05, 3.63) is 53.3 Å².